The van der Waals surface area contributed by atoms with Gasteiger partial charge in [-0.25, -0.2) is 0 Å². The highest BCUT2D eigenvalue weighted by Crippen LogP contribution is 2.21. The van der Waals surface area contributed by atoms with E-state index in [1.54, 1.807) is 11.3 Å². The van der Waals surface area contributed by atoms with Crippen LogP contribution in [0.2, 0.25) is 0 Å². The molecule has 0 bridgehead atoms. The first-order valence-corrected chi connectivity index (χ1v) is 6.21. The predicted octanol–water partition coefficient (Wildman–Crippen LogP) is 3.43. The molecule has 0 atom stereocenters. The lowest BCUT2D eigenvalue weighted by molar-refractivity contribution is 1.42. The number of hydrogen-bond donors (Lipinski definition) is 2. The molecule has 0 aliphatic carbocycles. The molecule has 1 heterocycles. The van der Waals surface area contributed by atoms with Gasteiger partial charge < -0.3 is 11.1 Å². The van der Waals surface area contributed by atoms with Crippen LogP contribution >= 0.6 is 23.6 Å². The van der Waals surface area contributed by atoms with Gasteiger partial charge in [-0.1, -0.05) is 12.2 Å². The van der Waals surface area contributed by atoms with E-state index in [4.69, 9.17) is 18.0 Å². The number of benzene rings is 1. The van der Waals surface area contributed by atoms with Gasteiger partial charge in [-0.3, -0.25) is 0 Å². The summed E-state index contributed by atoms with van der Waals surface area (Å²) in [6.45, 7) is 2.01. The average molecular weight is 248 g/mol. The maximum atomic E-state index is 5.61. The SMILES string of the molecule is Cc1cc(Nc2ccsc2)ccc1C(N)=S. The highest BCUT2D eigenvalue weighted by atomic mass is 32.1. The fraction of sp³-hybridized carbons (Fsp3) is 0.0833. The Balaban J connectivity index is 2.24. The summed E-state index contributed by atoms with van der Waals surface area (Å²) in [7, 11) is 0. The second-order valence-electron chi connectivity index (χ2n) is 3.53. The van der Waals surface area contributed by atoms with Crippen molar-refractivity contribution in [1.29, 1.82) is 0 Å². The van der Waals surface area contributed by atoms with Crippen LogP contribution in [0.3, 0.4) is 0 Å². The summed E-state index contributed by atoms with van der Waals surface area (Å²) in [5.41, 5.74) is 9.80. The number of hydrogen-bond acceptors (Lipinski definition) is 3. The topological polar surface area (TPSA) is 38.0 Å². The molecule has 0 aliphatic heterocycles. The zero-order valence-electron chi connectivity index (χ0n) is 8.86. The Kier molecular flexibility index (Phi) is 3.22. The molecule has 0 unspecified atom stereocenters. The van der Waals surface area contributed by atoms with Gasteiger partial charge in [0.25, 0.3) is 0 Å². The van der Waals surface area contributed by atoms with Crippen LogP contribution in [0.4, 0.5) is 11.4 Å². The number of aryl methyl sites for hydroxylation is 1. The van der Waals surface area contributed by atoms with Crippen LogP contribution in [0.15, 0.2) is 35.0 Å². The molecule has 1 aromatic carbocycles. The van der Waals surface area contributed by atoms with Crippen molar-refractivity contribution in [2.45, 2.75) is 6.92 Å². The van der Waals surface area contributed by atoms with Gasteiger partial charge in [0.15, 0.2) is 0 Å². The monoisotopic (exact) mass is 248 g/mol. The molecule has 82 valence electrons. The molecule has 0 fully saturated rings. The van der Waals surface area contributed by atoms with E-state index >= 15 is 0 Å². The van der Waals surface area contributed by atoms with E-state index in [2.05, 4.69) is 10.7 Å². The number of nitrogens with two attached hydrogens (primary N) is 1. The summed E-state index contributed by atoms with van der Waals surface area (Å²) < 4.78 is 0. The van der Waals surface area contributed by atoms with Gasteiger partial charge in [0.2, 0.25) is 0 Å². The van der Waals surface area contributed by atoms with Crippen LogP contribution in [-0.2, 0) is 0 Å². The van der Waals surface area contributed by atoms with Crippen molar-refractivity contribution in [3.8, 4) is 0 Å². The molecule has 0 aliphatic rings. The molecule has 3 N–H and O–H groups in total. The summed E-state index contributed by atoms with van der Waals surface area (Å²) in [6, 6.07) is 8.03. The van der Waals surface area contributed by atoms with Gasteiger partial charge in [-0.2, -0.15) is 11.3 Å². The van der Waals surface area contributed by atoms with Gasteiger partial charge in [0.1, 0.15) is 4.99 Å². The number of rotatable bonds is 3. The molecule has 0 amide bonds. The highest BCUT2D eigenvalue weighted by Gasteiger charge is 2.02. The van der Waals surface area contributed by atoms with Crippen LogP contribution in [0.25, 0.3) is 0 Å². The van der Waals surface area contributed by atoms with Gasteiger partial charge in [0, 0.05) is 22.3 Å². The minimum Gasteiger partial charge on any atom is -0.389 e. The van der Waals surface area contributed by atoms with Crippen molar-refractivity contribution >= 4 is 39.9 Å². The lowest BCUT2D eigenvalue weighted by Crippen LogP contribution is -2.11. The minimum absolute atomic E-state index is 0.444. The van der Waals surface area contributed by atoms with Crippen LogP contribution in [0.1, 0.15) is 11.1 Å². The maximum Gasteiger partial charge on any atom is 0.104 e. The van der Waals surface area contributed by atoms with Gasteiger partial charge in [0.05, 0.1) is 0 Å². The molecule has 0 saturated carbocycles. The largest absolute Gasteiger partial charge is 0.389 e. The Morgan fingerprint density at radius 2 is 2.12 bits per heavy atom. The summed E-state index contributed by atoms with van der Waals surface area (Å²) in [5, 5.41) is 7.42. The summed E-state index contributed by atoms with van der Waals surface area (Å²) in [6.07, 6.45) is 0. The summed E-state index contributed by atoms with van der Waals surface area (Å²) in [5.74, 6) is 0. The Hall–Kier alpha value is -1.39. The predicted molar refractivity (Wildman–Crippen MR) is 74.7 cm³/mol. The third-order valence-corrected chi connectivity index (χ3v) is 3.20. The van der Waals surface area contributed by atoms with E-state index in [0.717, 1.165) is 22.5 Å². The molecule has 4 heteroatoms. The van der Waals surface area contributed by atoms with Crippen LogP contribution in [0, 0.1) is 6.92 Å². The fourth-order valence-corrected chi connectivity index (χ4v) is 2.34. The standard InChI is InChI=1S/C12H12N2S2/c1-8-6-9(2-3-11(8)12(13)15)14-10-4-5-16-7-10/h2-7,14H,1H3,(H2,13,15). The number of thiophene rings is 1. The minimum atomic E-state index is 0.444. The second-order valence-corrected chi connectivity index (χ2v) is 4.75. The van der Waals surface area contributed by atoms with E-state index in [9.17, 15) is 0 Å². The van der Waals surface area contributed by atoms with Crippen molar-refractivity contribution in [1.82, 2.24) is 0 Å². The normalized spacial score (nSPS) is 10.1. The van der Waals surface area contributed by atoms with E-state index < -0.39 is 0 Å². The van der Waals surface area contributed by atoms with Crippen molar-refractivity contribution < 1.29 is 0 Å². The molecule has 1 aromatic heterocycles. The molecule has 0 saturated heterocycles. The van der Waals surface area contributed by atoms with Crippen molar-refractivity contribution in [2.24, 2.45) is 5.73 Å². The summed E-state index contributed by atoms with van der Waals surface area (Å²) >= 11 is 6.64. The maximum absolute atomic E-state index is 5.61. The van der Waals surface area contributed by atoms with E-state index in [0.29, 0.717) is 4.99 Å². The Labute approximate surface area is 104 Å². The molecule has 0 radical (unpaired) electrons. The van der Waals surface area contributed by atoms with E-state index in [1.807, 2.05) is 36.6 Å². The second kappa shape index (κ2) is 4.63. The third-order valence-electron chi connectivity index (χ3n) is 2.30. The molecular formula is C12H12N2S2. The van der Waals surface area contributed by atoms with Crippen LogP contribution in [0.5, 0.6) is 0 Å². The molecule has 0 spiro atoms. The first-order chi connectivity index (χ1) is 7.66. The lowest BCUT2D eigenvalue weighted by atomic mass is 10.1. The zero-order valence-corrected chi connectivity index (χ0v) is 10.5. The van der Waals surface area contributed by atoms with Gasteiger partial charge >= 0.3 is 0 Å². The Morgan fingerprint density at radius 3 is 2.69 bits per heavy atom. The molecular weight excluding hydrogens is 236 g/mol. The quantitative estimate of drug-likeness (QED) is 0.817. The third kappa shape index (κ3) is 2.40. The molecule has 16 heavy (non-hydrogen) atoms. The van der Waals surface area contributed by atoms with Crippen molar-refractivity contribution in [2.75, 3.05) is 5.32 Å². The number of thiocarbonyl (C=S) groups is 1. The smallest absolute Gasteiger partial charge is 0.104 e. The van der Waals surface area contributed by atoms with Crippen molar-refractivity contribution in [3.05, 3.63) is 46.2 Å². The molecule has 2 rings (SSSR count). The number of nitrogens with one attached hydrogen (secondary N) is 1. The first kappa shape index (κ1) is 11.1. The first-order valence-electron chi connectivity index (χ1n) is 4.86. The Morgan fingerprint density at radius 1 is 1.31 bits per heavy atom. The van der Waals surface area contributed by atoms with Gasteiger partial charge in [-0.05, 0) is 42.1 Å². The Bertz CT molecular complexity index is 504. The average Bonchev–Trinajstić information content (AvgIpc) is 2.70. The van der Waals surface area contributed by atoms with Crippen molar-refractivity contribution in [3.63, 3.8) is 0 Å². The summed E-state index contributed by atoms with van der Waals surface area (Å²) in [4.78, 5) is 0.444. The van der Waals surface area contributed by atoms with Gasteiger partial charge in [-0.15, -0.1) is 0 Å². The van der Waals surface area contributed by atoms with Crippen LogP contribution < -0.4 is 11.1 Å². The molecule has 2 nitrogen and oxygen atoms in total. The van der Waals surface area contributed by atoms with E-state index in [-0.39, 0.29) is 0 Å². The fourth-order valence-electron chi connectivity index (χ4n) is 1.52. The lowest BCUT2D eigenvalue weighted by Gasteiger charge is -2.08. The van der Waals surface area contributed by atoms with Crippen LogP contribution in [-0.4, -0.2) is 4.99 Å². The van der Waals surface area contributed by atoms with E-state index in [1.165, 1.54) is 0 Å². The molecule has 2 aromatic rings. The highest BCUT2D eigenvalue weighted by molar-refractivity contribution is 7.80. The zero-order chi connectivity index (χ0) is 11.5. The number of anilines is 2.